The molecule has 3 saturated carbocycles. The van der Waals surface area contributed by atoms with Crippen LogP contribution >= 0.6 is 0 Å². The van der Waals surface area contributed by atoms with Crippen molar-refractivity contribution in [1.29, 1.82) is 0 Å². The van der Waals surface area contributed by atoms with Gasteiger partial charge in [0.15, 0.2) is 11.6 Å². The van der Waals surface area contributed by atoms with E-state index in [1.807, 2.05) is 13.0 Å². The molecule has 26 heavy (non-hydrogen) atoms. The van der Waals surface area contributed by atoms with Gasteiger partial charge in [-0.25, -0.2) is 0 Å². The summed E-state index contributed by atoms with van der Waals surface area (Å²) in [5.74, 6) is -0.291. The number of carbonyl (C=O) groups excluding carboxylic acids is 2. The minimum absolute atomic E-state index is 0.0227. The molecule has 0 saturated heterocycles. The molecule has 0 radical (unpaired) electrons. The van der Waals surface area contributed by atoms with E-state index in [9.17, 15) is 24.9 Å². The number of hydrogen-bond acceptors (Lipinski definition) is 5. The highest BCUT2D eigenvalue weighted by Crippen LogP contribution is 2.66. The lowest BCUT2D eigenvalue weighted by molar-refractivity contribution is -0.160. The summed E-state index contributed by atoms with van der Waals surface area (Å²) in [4.78, 5) is 24.2. The lowest BCUT2D eigenvalue weighted by Crippen LogP contribution is -2.56. The topological polar surface area (TPSA) is 94.8 Å². The van der Waals surface area contributed by atoms with Crippen LogP contribution in [0.2, 0.25) is 0 Å². The van der Waals surface area contributed by atoms with Gasteiger partial charge in [0.2, 0.25) is 6.29 Å². The Morgan fingerprint density at radius 2 is 1.96 bits per heavy atom. The van der Waals surface area contributed by atoms with Crippen LogP contribution in [0.5, 0.6) is 0 Å². The molecular weight excluding hydrogens is 332 g/mol. The molecule has 0 spiro atoms. The number of ketones is 2. The first-order valence-corrected chi connectivity index (χ1v) is 9.70. The number of carbonyl (C=O) groups is 2. The summed E-state index contributed by atoms with van der Waals surface area (Å²) in [6, 6.07) is 0. The fraction of sp³-hybridized carbons (Fsp3) is 0.714. The summed E-state index contributed by atoms with van der Waals surface area (Å²) >= 11 is 0. The number of fused-ring (bicyclic) bond motifs is 5. The van der Waals surface area contributed by atoms with Crippen LogP contribution in [0.4, 0.5) is 0 Å². The fourth-order valence-electron chi connectivity index (χ4n) is 6.97. The highest BCUT2D eigenvalue weighted by Gasteiger charge is 2.62. The quantitative estimate of drug-likeness (QED) is 0.652. The number of allylic oxidation sites excluding steroid dienone is 4. The molecule has 7 atom stereocenters. The van der Waals surface area contributed by atoms with Crippen LogP contribution in [-0.2, 0) is 9.59 Å². The summed E-state index contributed by atoms with van der Waals surface area (Å²) in [6.45, 7) is 4.17. The van der Waals surface area contributed by atoms with Gasteiger partial charge in [0.05, 0.1) is 6.10 Å². The number of rotatable bonds is 2. The maximum atomic E-state index is 12.4. The van der Waals surface area contributed by atoms with E-state index in [0.29, 0.717) is 12.8 Å². The summed E-state index contributed by atoms with van der Waals surface area (Å²) in [6.07, 6.45) is 6.60. The molecule has 0 aliphatic heterocycles. The third-order valence-corrected chi connectivity index (χ3v) is 8.09. The Labute approximate surface area is 153 Å². The van der Waals surface area contributed by atoms with Crippen LogP contribution in [0.25, 0.3) is 0 Å². The summed E-state index contributed by atoms with van der Waals surface area (Å²) in [5, 5.41) is 29.9. The molecule has 4 rings (SSSR count). The number of aliphatic hydroxyl groups excluding tert-OH is 2. The van der Waals surface area contributed by atoms with Crippen molar-refractivity contribution in [3.05, 3.63) is 23.8 Å². The predicted octanol–water partition coefficient (Wildman–Crippen LogP) is 1.76. The Bertz CT molecular complexity index is 707. The monoisotopic (exact) mass is 360 g/mol. The lowest BCUT2D eigenvalue weighted by atomic mass is 9.46. The predicted molar refractivity (Wildman–Crippen MR) is 94.7 cm³/mol. The first-order chi connectivity index (χ1) is 12.2. The maximum absolute atomic E-state index is 12.4. The molecule has 4 aliphatic rings. The van der Waals surface area contributed by atoms with Crippen LogP contribution in [0.3, 0.4) is 0 Å². The van der Waals surface area contributed by atoms with Gasteiger partial charge in [0, 0.05) is 17.3 Å². The van der Waals surface area contributed by atoms with E-state index in [4.69, 9.17) is 0 Å². The second kappa shape index (κ2) is 5.85. The van der Waals surface area contributed by atoms with E-state index in [1.54, 1.807) is 12.2 Å². The lowest BCUT2D eigenvalue weighted by Gasteiger charge is -2.58. The minimum Gasteiger partial charge on any atom is -0.393 e. The zero-order valence-electron chi connectivity index (χ0n) is 15.4. The SMILES string of the molecule is C[C@]12C[C@H](O)[C@H]3[C@@H](CCC4=CC(=O)C=C[C@@]43C)[C@@H]1CC[C@@H]2C(=O)C(O)O. The minimum atomic E-state index is -1.93. The van der Waals surface area contributed by atoms with Crippen molar-refractivity contribution < 1.29 is 24.9 Å². The van der Waals surface area contributed by atoms with Crippen molar-refractivity contribution in [3.8, 4) is 0 Å². The van der Waals surface area contributed by atoms with Gasteiger partial charge < -0.3 is 15.3 Å². The van der Waals surface area contributed by atoms with Gasteiger partial charge in [-0.3, -0.25) is 9.59 Å². The van der Waals surface area contributed by atoms with Gasteiger partial charge in [-0.15, -0.1) is 0 Å². The Balaban J connectivity index is 1.70. The molecule has 0 aromatic heterocycles. The molecule has 4 aliphatic carbocycles. The Hall–Kier alpha value is -1.30. The van der Waals surface area contributed by atoms with Crippen molar-refractivity contribution in [3.63, 3.8) is 0 Å². The van der Waals surface area contributed by atoms with Crippen molar-refractivity contribution in [1.82, 2.24) is 0 Å². The normalized spacial score (nSPS) is 47.2. The standard InChI is InChI=1S/C21H28O5/c1-20-8-7-12(22)9-11(20)3-4-13-14-5-6-15(18(24)19(25)26)21(14,2)10-16(23)17(13)20/h7-9,13-17,19,23,25-26H,3-6,10H2,1-2H3/t13-,14-,15+,16-,17+,20-,21-/m0/s1. The van der Waals surface area contributed by atoms with Gasteiger partial charge in [-0.05, 0) is 61.5 Å². The van der Waals surface area contributed by atoms with Gasteiger partial charge in [-0.1, -0.05) is 25.5 Å². The van der Waals surface area contributed by atoms with Crippen molar-refractivity contribution in [2.45, 2.75) is 58.3 Å². The van der Waals surface area contributed by atoms with E-state index in [-0.39, 0.29) is 29.0 Å². The van der Waals surface area contributed by atoms with Gasteiger partial charge in [0.1, 0.15) is 0 Å². The molecule has 0 amide bonds. The van der Waals surface area contributed by atoms with E-state index < -0.39 is 29.5 Å². The molecule has 0 aromatic rings. The van der Waals surface area contributed by atoms with Crippen LogP contribution in [0.15, 0.2) is 23.8 Å². The molecule has 0 heterocycles. The van der Waals surface area contributed by atoms with Gasteiger partial charge in [0.25, 0.3) is 0 Å². The van der Waals surface area contributed by atoms with Crippen molar-refractivity contribution in [2.24, 2.45) is 34.5 Å². The fourth-order valence-corrected chi connectivity index (χ4v) is 6.97. The van der Waals surface area contributed by atoms with Gasteiger partial charge in [-0.2, -0.15) is 0 Å². The summed E-state index contributed by atoms with van der Waals surface area (Å²) in [7, 11) is 0. The molecule has 0 bridgehead atoms. The molecule has 3 N–H and O–H groups in total. The zero-order valence-corrected chi connectivity index (χ0v) is 15.4. The zero-order chi connectivity index (χ0) is 18.9. The Morgan fingerprint density at radius 3 is 2.65 bits per heavy atom. The van der Waals surface area contributed by atoms with Crippen LogP contribution in [0.1, 0.15) is 46.0 Å². The highest BCUT2D eigenvalue weighted by molar-refractivity contribution is 6.01. The number of aliphatic hydroxyl groups is 3. The van der Waals surface area contributed by atoms with Crippen LogP contribution in [-0.4, -0.2) is 39.3 Å². The van der Waals surface area contributed by atoms with E-state index in [1.165, 1.54) is 0 Å². The first-order valence-electron chi connectivity index (χ1n) is 9.70. The number of hydrogen-bond donors (Lipinski definition) is 3. The highest BCUT2D eigenvalue weighted by atomic mass is 16.5. The Morgan fingerprint density at radius 1 is 1.23 bits per heavy atom. The number of Topliss-reactive ketones (excluding diaryl/α,β-unsaturated/α-hetero) is 1. The van der Waals surface area contributed by atoms with E-state index >= 15 is 0 Å². The molecular formula is C21H28O5. The third-order valence-electron chi connectivity index (χ3n) is 8.09. The molecule has 5 heteroatoms. The molecule has 0 aromatic carbocycles. The molecule has 142 valence electrons. The van der Waals surface area contributed by atoms with E-state index in [2.05, 4.69) is 6.92 Å². The Kier molecular flexibility index (Phi) is 4.07. The van der Waals surface area contributed by atoms with Gasteiger partial charge >= 0.3 is 0 Å². The smallest absolute Gasteiger partial charge is 0.213 e. The van der Waals surface area contributed by atoms with Crippen molar-refractivity contribution >= 4 is 11.6 Å². The summed E-state index contributed by atoms with van der Waals surface area (Å²) < 4.78 is 0. The molecule has 5 nitrogen and oxygen atoms in total. The molecule has 3 fully saturated rings. The third kappa shape index (κ3) is 2.33. The summed E-state index contributed by atoms with van der Waals surface area (Å²) in [5.41, 5.74) is 0.411. The average molecular weight is 360 g/mol. The van der Waals surface area contributed by atoms with Crippen LogP contribution in [0, 0.1) is 34.5 Å². The van der Waals surface area contributed by atoms with Crippen LogP contribution < -0.4 is 0 Å². The van der Waals surface area contributed by atoms with Crippen molar-refractivity contribution in [2.75, 3.05) is 0 Å². The largest absolute Gasteiger partial charge is 0.393 e. The molecule has 0 unspecified atom stereocenters. The second-order valence-corrected chi connectivity index (χ2v) is 9.21. The van der Waals surface area contributed by atoms with E-state index in [0.717, 1.165) is 24.8 Å². The average Bonchev–Trinajstić information content (AvgIpc) is 2.90. The first kappa shape index (κ1) is 18.1. The second-order valence-electron chi connectivity index (χ2n) is 9.21. The maximum Gasteiger partial charge on any atom is 0.213 e.